The number of hydrogen-bond acceptors (Lipinski definition) is 2. The van der Waals surface area contributed by atoms with E-state index in [9.17, 15) is 0 Å². The van der Waals surface area contributed by atoms with Crippen molar-refractivity contribution in [2.75, 3.05) is 17.6 Å². The molecule has 0 atom stereocenters. The lowest BCUT2D eigenvalue weighted by atomic mass is 9.83. The molecule has 0 aromatic heterocycles. The molecule has 0 radical (unpaired) electrons. The normalized spacial score (nSPS) is 24.6. The van der Waals surface area contributed by atoms with E-state index in [1.54, 1.807) is 0 Å². The molecule has 2 heteroatoms. The zero-order valence-corrected chi connectivity index (χ0v) is 11.0. The second-order valence-electron chi connectivity index (χ2n) is 5.58. The van der Waals surface area contributed by atoms with Gasteiger partial charge in [0.1, 0.15) is 0 Å². The van der Waals surface area contributed by atoms with Crippen LogP contribution in [0.25, 0.3) is 0 Å². The molecule has 3 N–H and O–H groups in total. The zero-order chi connectivity index (χ0) is 12.3. The van der Waals surface area contributed by atoms with Gasteiger partial charge in [-0.15, -0.1) is 0 Å². The molecule has 1 saturated carbocycles. The molecule has 2 rings (SSSR count). The Hall–Kier alpha value is -1.18. The highest BCUT2D eigenvalue weighted by Gasteiger charge is 2.17. The summed E-state index contributed by atoms with van der Waals surface area (Å²) in [7, 11) is 0. The minimum absolute atomic E-state index is 0.851. The highest BCUT2D eigenvalue weighted by Crippen LogP contribution is 2.28. The summed E-state index contributed by atoms with van der Waals surface area (Å²) in [5.41, 5.74) is 9.06. The third kappa shape index (κ3) is 3.39. The fourth-order valence-corrected chi connectivity index (χ4v) is 2.58. The van der Waals surface area contributed by atoms with Crippen molar-refractivity contribution in [3.63, 3.8) is 0 Å². The number of nitrogens with one attached hydrogen (secondary N) is 1. The van der Waals surface area contributed by atoms with Gasteiger partial charge >= 0.3 is 0 Å². The van der Waals surface area contributed by atoms with Gasteiger partial charge in [-0.1, -0.05) is 19.8 Å². The minimum atomic E-state index is 0.851. The Kier molecular flexibility index (Phi) is 3.93. The molecule has 0 saturated heterocycles. The summed E-state index contributed by atoms with van der Waals surface area (Å²) in [6.07, 6.45) is 5.55. The number of anilines is 2. The lowest BCUT2D eigenvalue weighted by molar-refractivity contribution is 0.300. The van der Waals surface area contributed by atoms with Gasteiger partial charge in [0.05, 0.1) is 0 Å². The van der Waals surface area contributed by atoms with Crippen molar-refractivity contribution in [3.05, 3.63) is 23.8 Å². The molecular weight excluding hydrogens is 208 g/mol. The summed E-state index contributed by atoms with van der Waals surface area (Å²) < 4.78 is 0. The van der Waals surface area contributed by atoms with Crippen molar-refractivity contribution in [3.8, 4) is 0 Å². The number of benzene rings is 1. The van der Waals surface area contributed by atoms with Gasteiger partial charge in [0.25, 0.3) is 0 Å². The number of rotatable bonds is 3. The highest BCUT2D eigenvalue weighted by molar-refractivity contribution is 5.56. The number of hydrogen-bond donors (Lipinski definition) is 2. The monoisotopic (exact) mass is 232 g/mol. The average Bonchev–Trinajstić information content (AvgIpc) is 2.33. The van der Waals surface area contributed by atoms with Gasteiger partial charge in [-0.05, 0) is 55.4 Å². The molecule has 17 heavy (non-hydrogen) atoms. The zero-order valence-electron chi connectivity index (χ0n) is 11.0. The first-order valence-electron chi connectivity index (χ1n) is 6.75. The lowest BCUT2D eigenvalue weighted by Gasteiger charge is -2.26. The molecule has 0 heterocycles. The van der Waals surface area contributed by atoms with Crippen LogP contribution in [0.15, 0.2) is 18.2 Å². The number of nitrogen functional groups attached to an aromatic ring is 1. The third-order valence-corrected chi connectivity index (χ3v) is 4.00. The summed E-state index contributed by atoms with van der Waals surface area (Å²) in [4.78, 5) is 0. The van der Waals surface area contributed by atoms with Crippen molar-refractivity contribution in [2.24, 2.45) is 11.8 Å². The largest absolute Gasteiger partial charge is 0.399 e. The molecule has 0 bridgehead atoms. The molecular formula is C15H24N2. The van der Waals surface area contributed by atoms with E-state index in [4.69, 9.17) is 5.73 Å². The van der Waals surface area contributed by atoms with Crippen molar-refractivity contribution in [2.45, 2.75) is 39.5 Å². The Morgan fingerprint density at radius 1 is 1.24 bits per heavy atom. The molecule has 1 aromatic rings. The molecule has 0 aliphatic heterocycles. The van der Waals surface area contributed by atoms with Gasteiger partial charge in [-0.25, -0.2) is 0 Å². The van der Waals surface area contributed by atoms with Crippen LogP contribution in [0.4, 0.5) is 11.4 Å². The Bertz CT molecular complexity index is 365. The van der Waals surface area contributed by atoms with E-state index in [1.165, 1.54) is 31.4 Å². The Morgan fingerprint density at radius 3 is 2.59 bits per heavy atom. The topological polar surface area (TPSA) is 38.0 Å². The molecule has 94 valence electrons. The fourth-order valence-electron chi connectivity index (χ4n) is 2.58. The Morgan fingerprint density at radius 2 is 1.94 bits per heavy atom. The van der Waals surface area contributed by atoms with Crippen LogP contribution < -0.4 is 11.1 Å². The lowest BCUT2D eigenvalue weighted by Crippen LogP contribution is -2.20. The van der Waals surface area contributed by atoms with Crippen molar-refractivity contribution >= 4 is 11.4 Å². The summed E-state index contributed by atoms with van der Waals surface area (Å²) >= 11 is 0. The predicted octanol–water partition coefficient (Wildman–Crippen LogP) is 3.82. The molecule has 1 aliphatic carbocycles. The second-order valence-corrected chi connectivity index (χ2v) is 5.58. The van der Waals surface area contributed by atoms with Crippen LogP contribution in [0, 0.1) is 18.8 Å². The predicted molar refractivity (Wildman–Crippen MR) is 75.2 cm³/mol. The van der Waals surface area contributed by atoms with Crippen LogP contribution in [-0.4, -0.2) is 6.54 Å². The van der Waals surface area contributed by atoms with E-state index in [-0.39, 0.29) is 0 Å². The fraction of sp³-hybridized carbons (Fsp3) is 0.600. The van der Waals surface area contributed by atoms with Crippen LogP contribution in [0.5, 0.6) is 0 Å². The van der Waals surface area contributed by atoms with Gasteiger partial charge in [0, 0.05) is 17.9 Å². The van der Waals surface area contributed by atoms with Crippen molar-refractivity contribution in [1.82, 2.24) is 0 Å². The van der Waals surface area contributed by atoms with Crippen LogP contribution >= 0.6 is 0 Å². The minimum Gasteiger partial charge on any atom is -0.399 e. The van der Waals surface area contributed by atoms with E-state index < -0.39 is 0 Å². The molecule has 0 amide bonds. The van der Waals surface area contributed by atoms with E-state index in [0.717, 1.165) is 29.6 Å². The maximum Gasteiger partial charge on any atom is 0.0345 e. The van der Waals surface area contributed by atoms with Gasteiger partial charge in [-0.2, -0.15) is 0 Å². The van der Waals surface area contributed by atoms with Gasteiger partial charge in [0.2, 0.25) is 0 Å². The quantitative estimate of drug-likeness (QED) is 0.778. The highest BCUT2D eigenvalue weighted by atomic mass is 14.9. The number of aryl methyl sites for hydroxylation is 1. The Labute approximate surface area is 105 Å². The maximum atomic E-state index is 5.82. The van der Waals surface area contributed by atoms with Gasteiger partial charge < -0.3 is 11.1 Å². The average molecular weight is 232 g/mol. The standard InChI is InChI=1S/C15H24N2/c1-11-3-5-13(6-4-11)10-17-14-7-8-15(16)12(2)9-14/h7-9,11,13,17H,3-6,10,16H2,1-2H3. The summed E-state index contributed by atoms with van der Waals surface area (Å²) in [6, 6.07) is 6.20. The maximum absolute atomic E-state index is 5.82. The van der Waals surface area contributed by atoms with E-state index in [0.29, 0.717) is 0 Å². The molecule has 1 aliphatic rings. The molecule has 2 nitrogen and oxygen atoms in total. The summed E-state index contributed by atoms with van der Waals surface area (Å²) in [5, 5.41) is 3.54. The van der Waals surface area contributed by atoms with E-state index in [2.05, 4.69) is 31.3 Å². The SMILES string of the molecule is Cc1cc(NCC2CCC(C)CC2)ccc1N. The third-order valence-electron chi connectivity index (χ3n) is 4.00. The smallest absolute Gasteiger partial charge is 0.0345 e. The van der Waals surface area contributed by atoms with E-state index in [1.807, 2.05) is 6.07 Å². The molecule has 0 spiro atoms. The van der Waals surface area contributed by atoms with Crippen LogP contribution in [0.2, 0.25) is 0 Å². The molecule has 1 fully saturated rings. The van der Waals surface area contributed by atoms with Crippen molar-refractivity contribution < 1.29 is 0 Å². The van der Waals surface area contributed by atoms with Gasteiger partial charge in [0.15, 0.2) is 0 Å². The summed E-state index contributed by atoms with van der Waals surface area (Å²) in [5.74, 6) is 1.79. The van der Waals surface area contributed by atoms with Gasteiger partial charge in [-0.3, -0.25) is 0 Å². The summed E-state index contributed by atoms with van der Waals surface area (Å²) in [6.45, 7) is 5.53. The molecule has 1 aromatic carbocycles. The first-order chi connectivity index (χ1) is 8.15. The van der Waals surface area contributed by atoms with Crippen LogP contribution in [0.3, 0.4) is 0 Å². The second kappa shape index (κ2) is 5.44. The number of nitrogens with two attached hydrogens (primary N) is 1. The Balaban J connectivity index is 1.83. The van der Waals surface area contributed by atoms with Crippen molar-refractivity contribution in [1.29, 1.82) is 0 Å². The van der Waals surface area contributed by atoms with Crippen LogP contribution in [0.1, 0.15) is 38.2 Å². The van der Waals surface area contributed by atoms with E-state index >= 15 is 0 Å². The first-order valence-corrected chi connectivity index (χ1v) is 6.75. The van der Waals surface area contributed by atoms with Crippen LogP contribution in [-0.2, 0) is 0 Å². The molecule has 0 unspecified atom stereocenters. The first kappa shape index (κ1) is 12.3.